The van der Waals surface area contributed by atoms with Crippen molar-refractivity contribution in [2.24, 2.45) is 0 Å². The van der Waals surface area contributed by atoms with E-state index in [4.69, 9.17) is 9.15 Å². The number of hydrogen-bond donors (Lipinski definition) is 2. The van der Waals surface area contributed by atoms with Crippen LogP contribution in [0.3, 0.4) is 0 Å². The molecule has 1 fully saturated rings. The number of ether oxygens (including phenoxy) is 1. The van der Waals surface area contributed by atoms with Gasteiger partial charge in [-0.05, 0) is 51.8 Å². The van der Waals surface area contributed by atoms with Crippen LogP contribution >= 0.6 is 0 Å². The molecule has 154 valence electrons. The molecule has 0 unspecified atom stereocenters. The van der Waals surface area contributed by atoms with Gasteiger partial charge in [0.15, 0.2) is 11.4 Å². The third-order valence-corrected chi connectivity index (χ3v) is 4.62. The summed E-state index contributed by atoms with van der Waals surface area (Å²) in [4.78, 5) is 21.6. The first-order chi connectivity index (χ1) is 14.4. The van der Waals surface area contributed by atoms with Crippen molar-refractivity contribution >= 4 is 45.5 Å². The topological polar surface area (TPSA) is 107 Å². The van der Waals surface area contributed by atoms with E-state index >= 15 is 0 Å². The Kier molecular flexibility index (Phi) is 4.12. The lowest BCUT2D eigenvalue weighted by Gasteiger charge is -2.19. The Morgan fingerprint density at radius 2 is 2.07 bits per heavy atom. The third kappa shape index (κ3) is 3.66. The number of fused-ring (bicyclic) bond motifs is 2. The molecule has 2 N–H and O–H groups in total. The van der Waals surface area contributed by atoms with Gasteiger partial charge in [0.25, 0.3) is 0 Å². The summed E-state index contributed by atoms with van der Waals surface area (Å²) in [6.45, 7) is 5.46. The average molecular weight is 406 g/mol. The van der Waals surface area contributed by atoms with Crippen molar-refractivity contribution in [3.8, 4) is 0 Å². The molecule has 5 rings (SSSR count). The lowest BCUT2D eigenvalue weighted by atomic mass is 10.2. The summed E-state index contributed by atoms with van der Waals surface area (Å²) in [7, 11) is 0. The second-order valence-electron chi connectivity index (χ2n) is 8.38. The first-order valence-corrected chi connectivity index (χ1v) is 9.86. The van der Waals surface area contributed by atoms with Crippen LogP contribution in [0.4, 0.5) is 22.2 Å². The van der Waals surface area contributed by atoms with Gasteiger partial charge in [0, 0.05) is 23.2 Å². The fourth-order valence-electron chi connectivity index (χ4n) is 3.11. The van der Waals surface area contributed by atoms with E-state index in [1.807, 2.05) is 39.0 Å². The molecule has 3 heterocycles. The number of furan rings is 1. The largest absolute Gasteiger partial charge is 0.459 e. The van der Waals surface area contributed by atoms with Gasteiger partial charge in [0.1, 0.15) is 11.1 Å². The standard InChI is InChI=1S/C21H22N6O3/c1-21(2,3)30-20(28)27-16-10-14(5-4-12(16)11-22-27)24-19-25-15-8-9-29-17(15)18(26-19)23-13-6-7-13/h4-5,8-11,13H,6-7H2,1-3H3,(H2,23,24,25,26). The van der Waals surface area contributed by atoms with Crippen LogP contribution in [0.15, 0.2) is 41.1 Å². The Bertz CT molecular complexity index is 1250. The third-order valence-electron chi connectivity index (χ3n) is 4.62. The van der Waals surface area contributed by atoms with Crippen LogP contribution < -0.4 is 10.6 Å². The molecule has 1 aliphatic rings. The quantitative estimate of drug-likeness (QED) is 0.503. The van der Waals surface area contributed by atoms with Crippen molar-refractivity contribution in [1.29, 1.82) is 0 Å². The number of rotatable bonds is 4. The predicted molar refractivity (Wildman–Crippen MR) is 113 cm³/mol. The van der Waals surface area contributed by atoms with E-state index in [9.17, 15) is 4.79 Å². The molecule has 0 radical (unpaired) electrons. The van der Waals surface area contributed by atoms with Gasteiger partial charge in [-0.25, -0.2) is 9.78 Å². The van der Waals surface area contributed by atoms with Crippen LogP contribution in [0.25, 0.3) is 22.0 Å². The number of hydrogen-bond acceptors (Lipinski definition) is 8. The molecule has 0 aliphatic heterocycles. The zero-order valence-electron chi connectivity index (χ0n) is 17.0. The molecule has 0 spiro atoms. The Morgan fingerprint density at radius 1 is 1.23 bits per heavy atom. The number of aromatic nitrogens is 4. The van der Waals surface area contributed by atoms with Gasteiger partial charge in [-0.1, -0.05) is 0 Å². The Labute approximate surface area is 172 Å². The summed E-state index contributed by atoms with van der Waals surface area (Å²) in [5.74, 6) is 1.12. The van der Waals surface area contributed by atoms with E-state index < -0.39 is 11.7 Å². The monoisotopic (exact) mass is 406 g/mol. The molecule has 9 heteroatoms. The maximum absolute atomic E-state index is 12.5. The second-order valence-corrected chi connectivity index (χ2v) is 8.38. The van der Waals surface area contributed by atoms with Gasteiger partial charge in [-0.15, -0.1) is 0 Å². The molecule has 3 aromatic heterocycles. The lowest BCUT2D eigenvalue weighted by molar-refractivity contribution is 0.0523. The Balaban J connectivity index is 1.47. The van der Waals surface area contributed by atoms with E-state index in [0.717, 1.165) is 29.4 Å². The van der Waals surface area contributed by atoms with Gasteiger partial charge >= 0.3 is 6.09 Å². The minimum atomic E-state index is -0.607. The highest BCUT2D eigenvalue weighted by molar-refractivity contribution is 5.90. The molecule has 1 saturated carbocycles. The molecular formula is C21H22N6O3. The van der Waals surface area contributed by atoms with Crippen molar-refractivity contribution in [2.75, 3.05) is 10.6 Å². The van der Waals surface area contributed by atoms with E-state index in [1.54, 1.807) is 18.5 Å². The number of carbonyl (C=O) groups excluding carboxylic acids is 1. The Hall–Kier alpha value is -3.62. The Morgan fingerprint density at radius 3 is 2.83 bits per heavy atom. The molecule has 0 bridgehead atoms. The normalized spacial score (nSPS) is 14.2. The molecule has 0 atom stereocenters. The van der Waals surface area contributed by atoms with E-state index in [-0.39, 0.29) is 0 Å². The maximum atomic E-state index is 12.5. The van der Waals surface area contributed by atoms with E-state index in [1.165, 1.54) is 4.68 Å². The number of benzene rings is 1. The summed E-state index contributed by atoms with van der Waals surface area (Å²) in [5, 5.41) is 11.6. The molecule has 1 aromatic carbocycles. The van der Waals surface area contributed by atoms with Crippen LogP contribution in [-0.2, 0) is 4.74 Å². The van der Waals surface area contributed by atoms with Gasteiger partial charge in [0.05, 0.1) is 18.0 Å². The number of carbonyl (C=O) groups is 1. The fraction of sp³-hybridized carbons (Fsp3) is 0.333. The highest BCUT2D eigenvalue weighted by Crippen LogP contribution is 2.30. The summed E-state index contributed by atoms with van der Waals surface area (Å²) in [6.07, 6.45) is 4.96. The number of nitrogens with zero attached hydrogens (tertiary/aromatic N) is 4. The minimum Gasteiger partial charge on any atom is -0.459 e. The van der Waals surface area contributed by atoms with Crippen LogP contribution in [0, 0.1) is 0 Å². The van der Waals surface area contributed by atoms with Crippen molar-refractivity contribution < 1.29 is 13.9 Å². The molecule has 30 heavy (non-hydrogen) atoms. The molecular weight excluding hydrogens is 384 g/mol. The predicted octanol–water partition coefficient (Wildman–Crippen LogP) is 4.67. The van der Waals surface area contributed by atoms with Crippen molar-refractivity contribution in [1.82, 2.24) is 19.7 Å². The fourth-order valence-corrected chi connectivity index (χ4v) is 3.11. The van der Waals surface area contributed by atoms with Gasteiger partial charge in [0.2, 0.25) is 5.95 Å². The van der Waals surface area contributed by atoms with Gasteiger partial charge in [-0.3, -0.25) is 0 Å². The van der Waals surface area contributed by atoms with Crippen LogP contribution in [0.2, 0.25) is 0 Å². The SMILES string of the molecule is CC(C)(C)OC(=O)n1ncc2ccc(Nc3nc(NC4CC4)c4occc4n3)cc21. The van der Waals surface area contributed by atoms with Gasteiger partial charge in [-0.2, -0.15) is 14.8 Å². The molecule has 0 saturated heterocycles. The number of nitrogens with one attached hydrogen (secondary N) is 2. The lowest BCUT2D eigenvalue weighted by Crippen LogP contribution is -2.27. The summed E-state index contributed by atoms with van der Waals surface area (Å²) in [5.41, 5.74) is 2.12. The van der Waals surface area contributed by atoms with E-state index in [2.05, 4.69) is 25.7 Å². The van der Waals surface area contributed by atoms with Crippen LogP contribution in [-0.4, -0.2) is 37.5 Å². The highest BCUT2D eigenvalue weighted by atomic mass is 16.6. The van der Waals surface area contributed by atoms with Crippen molar-refractivity contribution in [2.45, 2.75) is 45.3 Å². The molecule has 9 nitrogen and oxygen atoms in total. The zero-order chi connectivity index (χ0) is 20.9. The summed E-state index contributed by atoms with van der Waals surface area (Å²) >= 11 is 0. The molecule has 0 amide bonds. The molecule has 1 aliphatic carbocycles. The van der Waals surface area contributed by atoms with Crippen molar-refractivity contribution in [3.05, 3.63) is 36.7 Å². The highest BCUT2D eigenvalue weighted by Gasteiger charge is 2.24. The summed E-state index contributed by atoms with van der Waals surface area (Å²) in [6, 6.07) is 7.83. The van der Waals surface area contributed by atoms with E-state index in [0.29, 0.717) is 28.9 Å². The first-order valence-electron chi connectivity index (χ1n) is 9.86. The van der Waals surface area contributed by atoms with Gasteiger partial charge < -0.3 is 19.8 Å². The summed E-state index contributed by atoms with van der Waals surface area (Å²) < 4.78 is 12.2. The number of anilines is 3. The average Bonchev–Trinajstić information content (AvgIpc) is 3.19. The first kappa shape index (κ1) is 18.4. The maximum Gasteiger partial charge on any atom is 0.435 e. The smallest absolute Gasteiger partial charge is 0.435 e. The minimum absolute atomic E-state index is 0.431. The zero-order valence-corrected chi connectivity index (χ0v) is 17.0. The van der Waals surface area contributed by atoms with Crippen LogP contribution in [0.1, 0.15) is 33.6 Å². The molecule has 4 aromatic rings. The van der Waals surface area contributed by atoms with Crippen molar-refractivity contribution in [3.63, 3.8) is 0 Å². The van der Waals surface area contributed by atoms with Crippen LogP contribution in [0.5, 0.6) is 0 Å². The second kappa shape index (κ2) is 6.72.